The van der Waals surface area contributed by atoms with Gasteiger partial charge in [-0.1, -0.05) is 0 Å². The van der Waals surface area contributed by atoms with Crippen molar-refractivity contribution in [3.8, 4) is 0 Å². The van der Waals surface area contributed by atoms with Crippen molar-refractivity contribution in [1.29, 1.82) is 0 Å². The molecule has 12 unspecified atom stereocenters. The largest absolute Gasteiger partial charge is 0.439 e. The van der Waals surface area contributed by atoms with Crippen molar-refractivity contribution in [2.75, 3.05) is 79.3 Å². The lowest BCUT2D eigenvalue weighted by atomic mass is 10.4. The molecule has 0 aromatic carbocycles. The van der Waals surface area contributed by atoms with Gasteiger partial charge in [-0.05, 0) is 152 Å². The molecule has 1 aromatic heterocycles. The molecule has 6 aliphatic heterocycles. The summed E-state index contributed by atoms with van der Waals surface area (Å²) >= 11 is 0. The Morgan fingerprint density at radius 1 is 0.487 bits per heavy atom. The van der Waals surface area contributed by atoms with Gasteiger partial charge in [0.25, 0.3) is 0 Å². The Morgan fingerprint density at radius 2 is 0.855 bits per heavy atom. The monoisotopic (exact) mass is 1230 g/mol. The summed E-state index contributed by atoms with van der Waals surface area (Å²) in [5.41, 5.74) is -1.90. The molecule has 438 valence electrons. The zero-order chi connectivity index (χ0) is 54.7. The number of epoxide rings is 3. The maximum Gasteiger partial charge on any atom is 0.410 e. The van der Waals surface area contributed by atoms with E-state index in [2.05, 4.69) is 45.8 Å². The number of rotatable bonds is 30. The van der Waals surface area contributed by atoms with Crippen LogP contribution in [-0.2, 0) is 86.0 Å². The van der Waals surface area contributed by atoms with Gasteiger partial charge in [-0.25, -0.2) is 28.1 Å². The van der Waals surface area contributed by atoms with Crippen molar-refractivity contribution in [3.63, 3.8) is 0 Å². The van der Waals surface area contributed by atoms with Crippen molar-refractivity contribution < 1.29 is 66.4 Å². The van der Waals surface area contributed by atoms with E-state index in [0.717, 1.165) is 75.3 Å². The molecule has 6 saturated heterocycles. The third kappa shape index (κ3) is 20.9. The molecule has 1 aromatic rings. The first-order chi connectivity index (χ1) is 36.0. The highest BCUT2D eigenvalue weighted by atomic mass is 28.5. The van der Waals surface area contributed by atoms with E-state index in [4.69, 9.17) is 71.8 Å². The van der Waals surface area contributed by atoms with Gasteiger partial charge in [0.2, 0.25) is 0 Å². The topological polar surface area (TPSA) is 240 Å². The van der Waals surface area contributed by atoms with Crippen molar-refractivity contribution >= 4 is 77.9 Å². The van der Waals surface area contributed by atoms with E-state index in [-0.39, 0.29) is 37.9 Å². The summed E-state index contributed by atoms with van der Waals surface area (Å²) in [4.78, 5) is 44.0. The minimum absolute atomic E-state index is 0.0628. The Labute approximate surface area is 461 Å². The van der Waals surface area contributed by atoms with Gasteiger partial charge in [0, 0.05) is 59.3 Å². The third-order valence-electron chi connectivity index (χ3n) is 14.9. The van der Waals surface area contributed by atoms with Crippen LogP contribution in [0.1, 0.15) is 38.5 Å². The van der Waals surface area contributed by atoms with Gasteiger partial charge in [0.05, 0.1) is 39.6 Å². The van der Waals surface area contributed by atoms with Crippen LogP contribution in [0.3, 0.4) is 0 Å². The first-order valence-electron chi connectivity index (χ1n) is 28.4. The van der Waals surface area contributed by atoms with Crippen LogP contribution in [0, 0.1) is 0 Å². The standard InChI is InChI=1S/C45H94N4O18Si9/c1-68-25-22-59-71(4,31-14-20-54-35-41-38-57-41)65-73(6,62-68)28-10-16-47-43(50)48(17-11-29-74(7)63-69(2)26-23-60-72(5,66-74)32-15-21-55-36-42-39-58-42)45(52)49(44(47)51)18-12-30-75(8)64-70(3,33-24-61-76(9,46)67-75)27-13-19-53-34-40-37-56-40/h40-42,68-69H,10-39,46H2,1-9H3. The molecule has 0 amide bonds. The summed E-state index contributed by atoms with van der Waals surface area (Å²) in [6.45, 7) is 26.7. The molecule has 0 radical (unpaired) electrons. The summed E-state index contributed by atoms with van der Waals surface area (Å²) in [6.07, 6.45) is 4.37. The summed E-state index contributed by atoms with van der Waals surface area (Å²) in [6, 6.07) is 6.49. The Hall–Kier alpha value is -0.278. The highest BCUT2D eigenvalue weighted by Gasteiger charge is 2.49. The lowest BCUT2D eigenvalue weighted by molar-refractivity contribution is 0.114. The van der Waals surface area contributed by atoms with E-state index < -0.39 is 95.0 Å². The smallest absolute Gasteiger partial charge is 0.410 e. The summed E-state index contributed by atoms with van der Waals surface area (Å²) < 4.78 is 98.2. The van der Waals surface area contributed by atoms with E-state index >= 15 is 0 Å². The van der Waals surface area contributed by atoms with E-state index in [1.54, 1.807) is 0 Å². The minimum atomic E-state index is -3.05. The molecule has 7 rings (SSSR count). The zero-order valence-electron chi connectivity index (χ0n) is 47.4. The number of hydrogen-bond acceptors (Lipinski definition) is 19. The summed E-state index contributed by atoms with van der Waals surface area (Å²) in [7, 11) is -22.7. The summed E-state index contributed by atoms with van der Waals surface area (Å²) in [5.74, 6) is 0. The van der Waals surface area contributed by atoms with Gasteiger partial charge in [-0.15, -0.1) is 0 Å². The number of nitrogens with two attached hydrogens (primary N) is 1. The third-order valence-corrected chi connectivity index (χ3v) is 49.6. The van der Waals surface area contributed by atoms with Gasteiger partial charge in [0.1, 0.15) is 18.3 Å². The predicted octanol–water partition coefficient (Wildman–Crippen LogP) is 4.12. The van der Waals surface area contributed by atoms with E-state index in [9.17, 15) is 14.4 Å². The van der Waals surface area contributed by atoms with Crippen LogP contribution in [0.15, 0.2) is 14.4 Å². The SMILES string of the molecule is C[SiH]1CCO[Si](C)(CCCOCC2CO2)O[Si](C)(CCCn2c(=O)n(CCC[Si]3(C)O[Si](C)(CCCOCC4CO4)CCO[Si](C)(N)O3)c(=O)n(CCC[Si]3(C)O[SiH](C)CCO[Si](C)(CCCOCC4CO4)O3)c2=O)O1. The van der Waals surface area contributed by atoms with Crippen LogP contribution in [0.4, 0.5) is 0 Å². The fraction of sp³-hybridized carbons (Fsp3) is 0.933. The van der Waals surface area contributed by atoms with Crippen LogP contribution >= 0.6 is 0 Å². The number of nitrogens with zero attached hydrogens (tertiary/aromatic N) is 3. The second-order valence-corrected chi connectivity index (χ2v) is 53.5. The molecule has 22 nitrogen and oxygen atoms in total. The molecule has 7 heterocycles. The molecule has 76 heavy (non-hydrogen) atoms. The lowest BCUT2D eigenvalue weighted by Gasteiger charge is -2.44. The van der Waals surface area contributed by atoms with Gasteiger partial charge in [0.15, 0.2) is 26.4 Å². The zero-order valence-corrected chi connectivity index (χ0v) is 56.7. The van der Waals surface area contributed by atoms with Crippen LogP contribution in [0.5, 0.6) is 0 Å². The maximum atomic E-state index is 14.7. The molecular formula is C45H94N4O18Si9. The first kappa shape index (κ1) is 63.3. The minimum Gasteiger partial charge on any atom is -0.439 e. The summed E-state index contributed by atoms with van der Waals surface area (Å²) in [5, 5.41) is 6.69. The van der Waals surface area contributed by atoms with Crippen molar-refractivity contribution in [3.05, 3.63) is 31.5 Å². The van der Waals surface area contributed by atoms with Crippen molar-refractivity contribution in [2.45, 2.75) is 190 Å². The van der Waals surface area contributed by atoms with Gasteiger partial charge in [-0.3, -0.25) is 0 Å². The predicted molar refractivity (Wildman–Crippen MR) is 308 cm³/mol. The molecular weight excluding hydrogens is 1140 g/mol. The molecule has 6 aliphatic rings. The van der Waals surface area contributed by atoms with Gasteiger partial charge >= 0.3 is 68.6 Å². The molecule has 0 spiro atoms. The fourth-order valence-corrected chi connectivity index (χ4v) is 49.2. The number of ether oxygens (including phenoxy) is 6. The highest BCUT2D eigenvalue weighted by molar-refractivity contribution is 6.88. The number of aromatic nitrogens is 3. The van der Waals surface area contributed by atoms with E-state index in [1.165, 1.54) is 13.7 Å². The van der Waals surface area contributed by atoms with Crippen molar-refractivity contribution in [2.24, 2.45) is 5.40 Å². The molecule has 0 aliphatic carbocycles. The number of hydrogen-bond donors (Lipinski definition) is 1. The average Bonchev–Trinajstić information content (AvgIpc) is 4.16. The second kappa shape index (κ2) is 28.3. The van der Waals surface area contributed by atoms with Crippen molar-refractivity contribution in [1.82, 2.24) is 13.7 Å². The fourth-order valence-electron chi connectivity index (χ4n) is 10.7. The van der Waals surface area contributed by atoms with E-state index in [0.29, 0.717) is 96.9 Å². The lowest BCUT2D eigenvalue weighted by Crippen LogP contribution is -2.63. The molecule has 0 bridgehead atoms. The molecule has 2 N–H and O–H groups in total. The average molecular weight is 1230 g/mol. The Bertz CT molecular complexity index is 2080. The first-order valence-corrected chi connectivity index (χ1v) is 51.1. The molecule has 12 atom stereocenters. The Morgan fingerprint density at radius 3 is 1.25 bits per heavy atom. The normalized spacial score (nSPS) is 37.1. The van der Waals surface area contributed by atoms with Crippen LogP contribution in [0.25, 0.3) is 0 Å². The second-order valence-electron chi connectivity index (χ2n) is 23.3. The molecule has 31 heteroatoms. The van der Waals surface area contributed by atoms with Crippen LogP contribution in [0.2, 0.25) is 113 Å². The quantitative estimate of drug-likeness (QED) is 0.0647. The molecule has 6 fully saturated rings. The molecule has 0 saturated carbocycles. The van der Waals surface area contributed by atoms with E-state index in [1.807, 2.05) is 13.1 Å². The maximum absolute atomic E-state index is 14.7. The Kier molecular flexibility index (Phi) is 23.6. The van der Waals surface area contributed by atoms with Gasteiger partial charge in [-0.2, -0.15) is 0 Å². The van der Waals surface area contributed by atoms with Gasteiger partial charge < -0.3 is 71.8 Å². The van der Waals surface area contributed by atoms with Crippen LogP contribution < -0.4 is 22.5 Å². The Balaban J connectivity index is 1.07. The van der Waals surface area contributed by atoms with Crippen LogP contribution in [-0.4, -0.2) is 189 Å². The highest BCUT2D eigenvalue weighted by Crippen LogP contribution is 2.34.